The van der Waals surface area contributed by atoms with Crippen LogP contribution in [0.3, 0.4) is 0 Å². The van der Waals surface area contributed by atoms with E-state index in [0.717, 1.165) is 17.1 Å². The fourth-order valence-corrected chi connectivity index (χ4v) is 3.10. The van der Waals surface area contributed by atoms with Gasteiger partial charge in [0, 0.05) is 54.0 Å². The van der Waals surface area contributed by atoms with Crippen molar-refractivity contribution in [1.82, 2.24) is 35.0 Å². The number of hydrogen-bond donors (Lipinski definition) is 2. The zero-order valence-corrected chi connectivity index (χ0v) is 17.4. The molecule has 0 aliphatic rings. The molecular formula is C21H19ClN8O. The molecule has 3 aromatic heterocycles. The average molecular weight is 435 g/mol. The van der Waals surface area contributed by atoms with Crippen molar-refractivity contribution in [3.63, 3.8) is 0 Å². The summed E-state index contributed by atoms with van der Waals surface area (Å²) in [5, 5.41) is 15.1. The maximum atomic E-state index is 12.5. The molecule has 0 saturated carbocycles. The molecule has 156 valence electrons. The standard InChI is InChI=1S/C21H19ClN8O/c1-30-19(28-29-20(30)18-6-8-24-13-27-18)12-25-16-4-2-3-14(9-16)21(31)26-11-15-10-23-7-5-17(15)22/h2-10,13,25H,11-12H2,1H3,(H,26,31). The topological polar surface area (TPSA) is 111 Å². The number of amides is 1. The van der Waals surface area contributed by atoms with Gasteiger partial charge in [-0.25, -0.2) is 9.97 Å². The highest BCUT2D eigenvalue weighted by Gasteiger charge is 2.12. The molecular weight excluding hydrogens is 416 g/mol. The summed E-state index contributed by atoms with van der Waals surface area (Å²) in [6.45, 7) is 0.735. The Bertz CT molecular complexity index is 1190. The predicted molar refractivity (Wildman–Crippen MR) is 116 cm³/mol. The Labute approximate surface area is 183 Å². The van der Waals surface area contributed by atoms with Crippen LogP contribution in [0.2, 0.25) is 5.02 Å². The molecule has 1 aromatic carbocycles. The van der Waals surface area contributed by atoms with Crippen molar-refractivity contribution in [2.45, 2.75) is 13.1 Å². The average Bonchev–Trinajstić information content (AvgIpc) is 3.18. The largest absolute Gasteiger partial charge is 0.378 e. The lowest BCUT2D eigenvalue weighted by Crippen LogP contribution is -2.23. The van der Waals surface area contributed by atoms with E-state index in [1.807, 2.05) is 23.7 Å². The normalized spacial score (nSPS) is 10.6. The summed E-state index contributed by atoms with van der Waals surface area (Å²) in [5.41, 5.74) is 2.78. The molecule has 0 unspecified atom stereocenters. The maximum Gasteiger partial charge on any atom is 0.251 e. The van der Waals surface area contributed by atoms with Crippen LogP contribution in [0.5, 0.6) is 0 Å². The van der Waals surface area contributed by atoms with Crippen LogP contribution in [0.15, 0.2) is 61.3 Å². The molecule has 0 bridgehead atoms. The van der Waals surface area contributed by atoms with Gasteiger partial charge in [0.25, 0.3) is 5.91 Å². The molecule has 4 aromatic rings. The SMILES string of the molecule is Cn1c(CNc2cccc(C(=O)NCc3cnccc3Cl)c2)nnc1-c1ccncn1. The van der Waals surface area contributed by atoms with E-state index in [0.29, 0.717) is 35.2 Å². The Morgan fingerprint density at radius 2 is 1.97 bits per heavy atom. The number of nitrogens with one attached hydrogen (secondary N) is 2. The van der Waals surface area contributed by atoms with Gasteiger partial charge >= 0.3 is 0 Å². The van der Waals surface area contributed by atoms with Gasteiger partial charge < -0.3 is 15.2 Å². The lowest BCUT2D eigenvalue weighted by molar-refractivity contribution is 0.0951. The number of rotatable bonds is 7. The second kappa shape index (κ2) is 9.31. The highest BCUT2D eigenvalue weighted by Crippen LogP contribution is 2.16. The van der Waals surface area contributed by atoms with Gasteiger partial charge in [0.2, 0.25) is 0 Å². The summed E-state index contributed by atoms with van der Waals surface area (Å²) < 4.78 is 1.86. The van der Waals surface area contributed by atoms with Crippen molar-refractivity contribution in [2.75, 3.05) is 5.32 Å². The fraction of sp³-hybridized carbons (Fsp3) is 0.143. The number of anilines is 1. The number of pyridine rings is 1. The van der Waals surface area contributed by atoms with Crippen LogP contribution in [0.4, 0.5) is 5.69 Å². The molecule has 10 heteroatoms. The van der Waals surface area contributed by atoms with Gasteiger partial charge in [0.15, 0.2) is 11.6 Å². The Morgan fingerprint density at radius 3 is 2.77 bits per heavy atom. The van der Waals surface area contributed by atoms with Crippen molar-refractivity contribution >= 4 is 23.2 Å². The van der Waals surface area contributed by atoms with E-state index in [2.05, 4.69) is 35.8 Å². The molecule has 0 spiro atoms. The van der Waals surface area contributed by atoms with Gasteiger partial charge in [-0.2, -0.15) is 0 Å². The minimum atomic E-state index is -0.201. The molecule has 1 amide bonds. The third kappa shape index (κ3) is 4.84. The van der Waals surface area contributed by atoms with Crippen molar-refractivity contribution < 1.29 is 4.79 Å². The maximum absolute atomic E-state index is 12.5. The van der Waals surface area contributed by atoms with Crippen molar-refractivity contribution in [1.29, 1.82) is 0 Å². The van der Waals surface area contributed by atoms with E-state index in [-0.39, 0.29) is 5.91 Å². The van der Waals surface area contributed by atoms with Gasteiger partial charge in [0.05, 0.1) is 6.54 Å². The summed E-state index contributed by atoms with van der Waals surface area (Å²) in [7, 11) is 1.88. The summed E-state index contributed by atoms with van der Waals surface area (Å²) in [4.78, 5) is 24.7. The van der Waals surface area contributed by atoms with Crippen LogP contribution in [-0.2, 0) is 20.1 Å². The van der Waals surface area contributed by atoms with E-state index in [9.17, 15) is 4.79 Å². The second-order valence-corrected chi connectivity index (χ2v) is 7.08. The highest BCUT2D eigenvalue weighted by molar-refractivity contribution is 6.31. The Morgan fingerprint density at radius 1 is 1.10 bits per heavy atom. The van der Waals surface area contributed by atoms with Crippen LogP contribution in [0.25, 0.3) is 11.5 Å². The summed E-state index contributed by atoms with van der Waals surface area (Å²) in [6, 6.07) is 10.7. The summed E-state index contributed by atoms with van der Waals surface area (Å²) in [6.07, 6.45) is 6.38. The number of carbonyl (C=O) groups excluding carboxylic acids is 1. The van der Waals surface area contributed by atoms with Crippen molar-refractivity contribution in [3.05, 3.63) is 83.3 Å². The number of hydrogen-bond acceptors (Lipinski definition) is 7. The number of nitrogens with zero attached hydrogens (tertiary/aromatic N) is 6. The number of benzene rings is 1. The molecule has 3 heterocycles. The van der Waals surface area contributed by atoms with Crippen molar-refractivity contribution in [2.24, 2.45) is 7.05 Å². The zero-order valence-electron chi connectivity index (χ0n) is 16.7. The number of halogens is 1. The zero-order chi connectivity index (χ0) is 21.6. The van der Waals surface area contributed by atoms with E-state index in [4.69, 9.17) is 11.6 Å². The van der Waals surface area contributed by atoms with Crippen LogP contribution in [0, 0.1) is 0 Å². The fourth-order valence-electron chi connectivity index (χ4n) is 2.93. The minimum absolute atomic E-state index is 0.201. The van der Waals surface area contributed by atoms with E-state index in [1.54, 1.807) is 42.9 Å². The lowest BCUT2D eigenvalue weighted by Gasteiger charge is -2.10. The lowest BCUT2D eigenvalue weighted by atomic mass is 10.2. The first-order valence-corrected chi connectivity index (χ1v) is 9.85. The quantitative estimate of drug-likeness (QED) is 0.460. The molecule has 0 aliphatic carbocycles. The molecule has 0 saturated heterocycles. The monoisotopic (exact) mass is 434 g/mol. The van der Waals surface area contributed by atoms with Crippen LogP contribution < -0.4 is 10.6 Å². The Balaban J connectivity index is 1.39. The highest BCUT2D eigenvalue weighted by atomic mass is 35.5. The Hall–Kier alpha value is -3.85. The van der Waals surface area contributed by atoms with E-state index < -0.39 is 0 Å². The van der Waals surface area contributed by atoms with Gasteiger partial charge in [-0.05, 0) is 30.3 Å². The molecule has 31 heavy (non-hydrogen) atoms. The third-order valence-electron chi connectivity index (χ3n) is 4.63. The first-order chi connectivity index (χ1) is 15.1. The first-order valence-electron chi connectivity index (χ1n) is 9.47. The third-order valence-corrected chi connectivity index (χ3v) is 5.00. The summed E-state index contributed by atoms with van der Waals surface area (Å²) in [5.74, 6) is 1.18. The Kier molecular flexibility index (Phi) is 6.13. The van der Waals surface area contributed by atoms with Crippen LogP contribution in [-0.4, -0.2) is 35.6 Å². The molecule has 0 fully saturated rings. The predicted octanol–water partition coefficient (Wildman–Crippen LogP) is 2.86. The van der Waals surface area contributed by atoms with Gasteiger partial charge in [-0.15, -0.1) is 10.2 Å². The van der Waals surface area contributed by atoms with Gasteiger partial charge in [0.1, 0.15) is 12.0 Å². The van der Waals surface area contributed by atoms with Crippen molar-refractivity contribution in [3.8, 4) is 11.5 Å². The number of carbonyl (C=O) groups is 1. The van der Waals surface area contributed by atoms with Gasteiger partial charge in [-0.1, -0.05) is 17.7 Å². The van der Waals surface area contributed by atoms with Crippen LogP contribution in [0.1, 0.15) is 21.7 Å². The molecule has 2 N–H and O–H groups in total. The van der Waals surface area contributed by atoms with E-state index in [1.165, 1.54) is 6.33 Å². The van der Waals surface area contributed by atoms with Gasteiger partial charge in [-0.3, -0.25) is 9.78 Å². The molecule has 0 aliphatic heterocycles. The molecule has 0 atom stereocenters. The smallest absolute Gasteiger partial charge is 0.251 e. The molecule has 0 radical (unpaired) electrons. The molecule has 9 nitrogen and oxygen atoms in total. The second-order valence-electron chi connectivity index (χ2n) is 6.68. The first kappa shape index (κ1) is 20.4. The minimum Gasteiger partial charge on any atom is -0.378 e. The molecule has 4 rings (SSSR count). The summed E-state index contributed by atoms with van der Waals surface area (Å²) >= 11 is 6.11. The van der Waals surface area contributed by atoms with E-state index >= 15 is 0 Å². The number of aromatic nitrogens is 6. The van der Waals surface area contributed by atoms with Crippen LogP contribution >= 0.6 is 11.6 Å².